The normalized spacial score (nSPS) is 10.8. The number of fused-ring (bicyclic) bond motifs is 1. The molecule has 1 aromatic carbocycles. The topological polar surface area (TPSA) is 81.0 Å². The number of rotatable bonds is 2. The Hall–Kier alpha value is -2.63. The fourth-order valence-electron chi connectivity index (χ4n) is 1.88. The van der Waals surface area contributed by atoms with Gasteiger partial charge in [0.05, 0.1) is 19.0 Å². The maximum absolute atomic E-state index is 11.3. The average Bonchev–Trinajstić information content (AvgIpc) is 3.01. The fourth-order valence-corrected chi connectivity index (χ4v) is 1.88. The first-order valence-electron chi connectivity index (χ1n) is 5.68. The smallest absolute Gasteiger partial charge is 0.374 e. The molecule has 2 aromatic heterocycles. The van der Waals surface area contributed by atoms with Crippen molar-refractivity contribution in [3.63, 3.8) is 0 Å². The molecule has 0 aliphatic heterocycles. The SMILES string of the molecule is COC(=O)c1ncc(-c2ccc3oc(C)nc3c2)[nH]1. The Balaban J connectivity index is 2.03. The highest BCUT2D eigenvalue weighted by atomic mass is 16.5. The average molecular weight is 257 g/mol. The Morgan fingerprint density at radius 1 is 1.42 bits per heavy atom. The second-order valence-electron chi connectivity index (χ2n) is 4.05. The van der Waals surface area contributed by atoms with E-state index in [0.29, 0.717) is 5.89 Å². The van der Waals surface area contributed by atoms with Gasteiger partial charge in [-0.25, -0.2) is 14.8 Å². The Morgan fingerprint density at radius 2 is 2.26 bits per heavy atom. The molecule has 0 fully saturated rings. The molecule has 0 amide bonds. The summed E-state index contributed by atoms with van der Waals surface area (Å²) >= 11 is 0. The van der Waals surface area contributed by atoms with Gasteiger partial charge in [-0.05, 0) is 18.2 Å². The quantitative estimate of drug-likeness (QED) is 0.712. The second-order valence-corrected chi connectivity index (χ2v) is 4.05. The van der Waals surface area contributed by atoms with E-state index in [1.165, 1.54) is 7.11 Å². The summed E-state index contributed by atoms with van der Waals surface area (Å²) in [6.07, 6.45) is 1.58. The minimum absolute atomic E-state index is 0.175. The Bertz CT molecular complexity index is 757. The molecule has 3 rings (SSSR count). The number of imidazole rings is 1. The van der Waals surface area contributed by atoms with Crippen molar-refractivity contribution in [2.45, 2.75) is 6.92 Å². The highest BCUT2D eigenvalue weighted by Gasteiger charge is 2.12. The van der Waals surface area contributed by atoms with E-state index in [0.717, 1.165) is 22.4 Å². The summed E-state index contributed by atoms with van der Waals surface area (Å²) in [6.45, 7) is 1.80. The van der Waals surface area contributed by atoms with Gasteiger partial charge < -0.3 is 14.1 Å². The molecule has 0 saturated carbocycles. The van der Waals surface area contributed by atoms with E-state index in [2.05, 4.69) is 19.7 Å². The standard InChI is InChI=1S/C13H11N3O3/c1-7-15-9-5-8(3-4-11(9)19-7)10-6-14-12(16-10)13(17)18-2/h3-6H,1-2H3,(H,14,16). The van der Waals surface area contributed by atoms with Crippen LogP contribution in [0.15, 0.2) is 28.8 Å². The number of aromatic nitrogens is 3. The van der Waals surface area contributed by atoms with Crippen molar-refractivity contribution in [2.75, 3.05) is 7.11 Å². The predicted molar refractivity (Wildman–Crippen MR) is 67.7 cm³/mol. The van der Waals surface area contributed by atoms with Crippen molar-refractivity contribution >= 4 is 17.1 Å². The minimum Gasteiger partial charge on any atom is -0.463 e. The lowest BCUT2D eigenvalue weighted by molar-refractivity contribution is 0.0588. The molecule has 19 heavy (non-hydrogen) atoms. The van der Waals surface area contributed by atoms with Crippen molar-refractivity contribution in [1.82, 2.24) is 15.0 Å². The van der Waals surface area contributed by atoms with Crippen LogP contribution in [0.5, 0.6) is 0 Å². The van der Waals surface area contributed by atoms with Gasteiger partial charge in [-0.2, -0.15) is 0 Å². The highest BCUT2D eigenvalue weighted by molar-refractivity contribution is 5.86. The molecule has 1 N–H and O–H groups in total. The van der Waals surface area contributed by atoms with Crippen LogP contribution >= 0.6 is 0 Å². The molecular formula is C13H11N3O3. The van der Waals surface area contributed by atoms with Gasteiger partial charge in [0.15, 0.2) is 11.5 Å². The van der Waals surface area contributed by atoms with E-state index in [1.54, 1.807) is 13.1 Å². The molecule has 0 aliphatic carbocycles. The van der Waals surface area contributed by atoms with Crippen LogP contribution < -0.4 is 0 Å². The van der Waals surface area contributed by atoms with E-state index in [-0.39, 0.29) is 5.82 Å². The number of H-pyrrole nitrogens is 1. The molecule has 6 nitrogen and oxygen atoms in total. The number of carbonyl (C=O) groups excluding carboxylic acids is 1. The van der Waals surface area contributed by atoms with Crippen LogP contribution in [0.2, 0.25) is 0 Å². The van der Waals surface area contributed by atoms with E-state index in [1.807, 2.05) is 18.2 Å². The third-order valence-corrected chi connectivity index (χ3v) is 2.76. The van der Waals surface area contributed by atoms with Crippen molar-refractivity contribution in [2.24, 2.45) is 0 Å². The van der Waals surface area contributed by atoms with Crippen molar-refractivity contribution in [1.29, 1.82) is 0 Å². The summed E-state index contributed by atoms with van der Waals surface area (Å²) < 4.78 is 10.0. The summed E-state index contributed by atoms with van der Waals surface area (Å²) in [5, 5.41) is 0. The number of hydrogen-bond acceptors (Lipinski definition) is 5. The van der Waals surface area contributed by atoms with Crippen LogP contribution in [0.3, 0.4) is 0 Å². The number of ether oxygens (including phenoxy) is 1. The number of methoxy groups -OCH3 is 1. The van der Waals surface area contributed by atoms with Crippen LogP contribution in [0.4, 0.5) is 0 Å². The molecule has 96 valence electrons. The van der Waals surface area contributed by atoms with Gasteiger partial charge in [0.1, 0.15) is 5.52 Å². The number of aryl methyl sites for hydroxylation is 1. The van der Waals surface area contributed by atoms with Crippen molar-refractivity contribution in [3.05, 3.63) is 36.1 Å². The Labute approximate surface area is 108 Å². The van der Waals surface area contributed by atoms with Gasteiger partial charge in [-0.1, -0.05) is 0 Å². The first-order chi connectivity index (χ1) is 9.17. The predicted octanol–water partition coefficient (Wildman–Crippen LogP) is 2.31. The number of aromatic amines is 1. The van der Waals surface area contributed by atoms with Crippen LogP contribution in [0.1, 0.15) is 16.5 Å². The summed E-state index contributed by atoms with van der Waals surface area (Å²) in [5.74, 6) is 0.297. The first kappa shape index (κ1) is 11.5. The largest absolute Gasteiger partial charge is 0.463 e. The number of nitrogens with zero attached hydrogens (tertiary/aromatic N) is 2. The summed E-state index contributed by atoms with van der Waals surface area (Å²) in [4.78, 5) is 22.5. The molecule has 0 aliphatic rings. The highest BCUT2D eigenvalue weighted by Crippen LogP contribution is 2.23. The van der Waals surface area contributed by atoms with E-state index >= 15 is 0 Å². The zero-order chi connectivity index (χ0) is 13.4. The Kier molecular flexibility index (Phi) is 2.56. The Morgan fingerprint density at radius 3 is 3.05 bits per heavy atom. The molecular weight excluding hydrogens is 246 g/mol. The maximum Gasteiger partial charge on any atom is 0.374 e. The lowest BCUT2D eigenvalue weighted by Gasteiger charge is -1.96. The third-order valence-electron chi connectivity index (χ3n) is 2.76. The number of carbonyl (C=O) groups is 1. The lowest BCUT2D eigenvalue weighted by Crippen LogP contribution is -2.03. The maximum atomic E-state index is 11.3. The molecule has 2 heterocycles. The summed E-state index contributed by atoms with van der Waals surface area (Å²) in [6, 6.07) is 5.59. The number of hydrogen-bond donors (Lipinski definition) is 1. The molecule has 0 unspecified atom stereocenters. The van der Waals surface area contributed by atoms with Crippen LogP contribution in [0.25, 0.3) is 22.4 Å². The molecule has 0 bridgehead atoms. The molecule has 0 radical (unpaired) electrons. The van der Waals surface area contributed by atoms with Gasteiger partial charge in [-0.3, -0.25) is 0 Å². The molecule has 0 spiro atoms. The van der Waals surface area contributed by atoms with Gasteiger partial charge in [0.25, 0.3) is 0 Å². The van der Waals surface area contributed by atoms with Crippen molar-refractivity contribution in [3.8, 4) is 11.3 Å². The van der Waals surface area contributed by atoms with Gasteiger partial charge in [0, 0.05) is 12.5 Å². The number of nitrogens with one attached hydrogen (secondary N) is 1. The second kappa shape index (κ2) is 4.24. The monoisotopic (exact) mass is 257 g/mol. The number of oxazole rings is 1. The van der Waals surface area contributed by atoms with E-state index in [9.17, 15) is 4.79 Å². The van der Waals surface area contributed by atoms with Crippen LogP contribution in [-0.2, 0) is 4.74 Å². The van der Waals surface area contributed by atoms with Gasteiger partial charge in [0.2, 0.25) is 5.82 Å². The fraction of sp³-hybridized carbons (Fsp3) is 0.154. The zero-order valence-corrected chi connectivity index (χ0v) is 10.4. The first-order valence-corrected chi connectivity index (χ1v) is 5.68. The van der Waals surface area contributed by atoms with Gasteiger partial charge in [-0.15, -0.1) is 0 Å². The number of benzene rings is 1. The summed E-state index contributed by atoms with van der Waals surface area (Å²) in [7, 11) is 1.31. The third kappa shape index (κ3) is 1.97. The molecule has 3 aromatic rings. The van der Waals surface area contributed by atoms with Crippen LogP contribution in [-0.4, -0.2) is 28.0 Å². The lowest BCUT2D eigenvalue weighted by atomic mass is 10.1. The number of esters is 1. The molecule has 0 atom stereocenters. The minimum atomic E-state index is -0.496. The van der Waals surface area contributed by atoms with Crippen molar-refractivity contribution < 1.29 is 13.9 Å². The van der Waals surface area contributed by atoms with Gasteiger partial charge >= 0.3 is 5.97 Å². The molecule has 6 heteroatoms. The summed E-state index contributed by atoms with van der Waals surface area (Å²) in [5.41, 5.74) is 3.10. The zero-order valence-electron chi connectivity index (χ0n) is 10.4. The molecule has 0 saturated heterocycles. The van der Waals surface area contributed by atoms with E-state index < -0.39 is 5.97 Å². The van der Waals surface area contributed by atoms with E-state index in [4.69, 9.17) is 4.42 Å². The van der Waals surface area contributed by atoms with Crippen LogP contribution in [0, 0.1) is 6.92 Å².